The Morgan fingerprint density at radius 3 is 2.17 bits per heavy atom. The van der Waals surface area contributed by atoms with Crippen molar-refractivity contribution in [2.75, 3.05) is 0 Å². The minimum absolute atomic E-state index is 0.206. The molecule has 0 aliphatic rings. The molecule has 0 radical (unpaired) electrons. The van der Waals surface area contributed by atoms with Gasteiger partial charge in [0, 0.05) is 0 Å². The molecule has 0 aliphatic carbocycles. The summed E-state index contributed by atoms with van der Waals surface area (Å²) in [6.45, 7) is 20.5. The van der Waals surface area contributed by atoms with Crippen molar-refractivity contribution in [3.8, 4) is 0 Å². The molecular formula is C20H42O2Si2. The first-order valence-corrected chi connectivity index (χ1v) is 16.0. The first kappa shape index (κ1) is 23.7. The van der Waals surface area contributed by atoms with Gasteiger partial charge in [-0.15, -0.1) is 0 Å². The zero-order valence-corrected chi connectivity index (χ0v) is 19.7. The van der Waals surface area contributed by atoms with Crippen molar-refractivity contribution in [1.29, 1.82) is 0 Å². The van der Waals surface area contributed by atoms with Crippen LogP contribution in [0.5, 0.6) is 0 Å². The second kappa shape index (κ2) is 9.98. The minimum Gasteiger partial charge on any atom is -0.549 e. The van der Waals surface area contributed by atoms with E-state index in [-0.39, 0.29) is 11.1 Å². The maximum absolute atomic E-state index is 10.3. The lowest BCUT2D eigenvalue weighted by molar-refractivity contribution is 0.161. The fourth-order valence-corrected chi connectivity index (χ4v) is 4.50. The van der Waals surface area contributed by atoms with E-state index < -0.39 is 16.4 Å². The van der Waals surface area contributed by atoms with Gasteiger partial charge in [-0.05, 0) is 43.5 Å². The van der Waals surface area contributed by atoms with Gasteiger partial charge in [0.05, 0.1) is 20.4 Å². The third-order valence-electron chi connectivity index (χ3n) is 4.67. The Labute approximate surface area is 153 Å². The summed E-state index contributed by atoms with van der Waals surface area (Å²) in [7, 11) is -3.00. The Morgan fingerprint density at radius 2 is 1.71 bits per heavy atom. The smallest absolute Gasteiger partial charge is 0.249 e. The molecule has 0 aromatic carbocycles. The Hall–Kier alpha value is -0.326. The molecule has 4 heteroatoms. The second-order valence-corrected chi connectivity index (χ2v) is 19.4. The summed E-state index contributed by atoms with van der Waals surface area (Å²) in [4.78, 5) is 0. The molecule has 24 heavy (non-hydrogen) atoms. The summed E-state index contributed by atoms with van der Waals surface area (Å²) in [6.07, 6.45) is 8.69. The number of aliphatic hydroxyl groups excluding tert-OH is 1. The summed E-state index contributed by atoms with van der Waals surface area (Å²) >= 11 is 0. The predicted octanol–water partition coefficient (Wildman–Crippen LogP) is 6.66. The highest BCUT2D eigenvalue weighted by molar-refractivity contribution is 6.81. The molecule has 1 atom stereocenters. The van der Waals surface area contributed by atoms with Gasteiger partial charge in [-0.3, -0.25) is 0 Å². The van der Waals surface area contributed by atoms with Crippen molar-refractivity contribution in [3.05, 3.63) is 23.6 Å². The number of rotatable bonds is 10. The third kappa shape index (κ3) is 10.5. The van der Waals surface area contributed by atoms with Crippen LogP contribution >= 0.6 is 0 Å². The molecule has 0 amide bonds. The third-order valence-corrected chi connectivity index (χ3v) is 10.3. The molecule has 0 fully saturated rings. The van der Waals surface area contributed by atoms with Crippen LogP contribution in [0.4, 0.5) is 0 Å². The van der Waals surface area contributed by atoms with E-state index in [0.717, 1.165) is 32.1 Å². The van der Waals surface area contributed by atoms with Crippen LogP contribution in [0.3, 0.4) is 0 Å². The lowest BCUT2D eigenvalue weighted by Gasteiger charge is -2.35. The topological polar surface area (TPSA) is 29.5 Å². The van der Waals surface area contributed by atoms with E-state index in [9.17, 15) is 5.11 Å². The number of hydrogen-bond acceptors (Lipinski definition) is 2. The van der Waals surface area contributed by atoms with Crippen molar-refractivity contribution in [2.24, 2.45) is 0 Å². The maximum Gasteiger partial charge on any atom is 0.249 e. The van der Waals surface area contributed by atoms with Crippen LogP contribution in [0.2, 0.25) is 37.8 Å². The quantitative estimate of drug-likeness (QED) is 0.344. The van der Waals surface area contributed by atoms with E-state index in [1.807, 2.05) is 6.26 Å². The highest BCUT2D eigenvalue weighted by atomic mass is 28.4. The molecule has 0 saturated carbocycles. The van der Waals surface area contributed by atoms with Crippen molar-refractivity contribution in [3.63, 3.8) is 0 Å². The van der Waals surface area contributed by atoms with E-state index in [1.54, 1.807) is 0 Å². The molecule has 0 bridgehead atoms. The van der Waals surface area contributed by atoms with Crippen molar-refractivity contribution >= 4 is 16.4 Å². The molecule has 0 aromatic heterocycles. The molecule has 142 valence electrons. The van der Waals surface area contributed by atoms with Gasteiger partial charge in [0.25, 0.3) is 0 Å². The van der Waals surface area contributed by atoms with Crippen LogP contribution in [0.15, 0.2) is 23.6 Å². The molecule has 0 heterocycles. The molecule has 0 aromatic rings. The standard InChI is InChI=1S/C20H42O2Si2/c1-10-11-14-19(21)16-18(17-23(5,6)7)13-12-15-22-24(8,9)20(2,3)4/h12,15,17,19,21H,10-11,13-14,16H2,1-9H3/b15-12+,18-17+. The molecule has 0 spiro atoms. The summed E-state index contributed by atoms with van der Waals surface area (Å²) in [5, 5.41) is 10.5. The predicted molar refractivity (Wildman–Crippen MR) is 114 cm³/mol. The van der Waals surface area contributed by atoms with Gasteiger partial charge in [0.15, 0.2) is 0 Å². The van der Waals surface area contributed by atoms with Gasteiger partial charge in [0.1, 0.15) is 0 Å². The van der Waals surface area contributed by atoms with Crippen LogP contribution in [-0.2, 0) is 4.43 Å². The van der Waals surface area contributed by atoms with Crippen molar-refractivity contribution in [1.82, 2.24) is 0 Å². The fourth-order valence-electron chi connectivity index (χ4n) is 2.25. The summed E-state index contributed by atoms with van der Waals surface area (Å²) in [6, 6.07) is 0. The first-order chi connectivity index (χ1) is 10.8. The molecule has 0 aliphatic heterocycles. The zero-order chi connectivity index (χ0) is 19.0. The molecular weight excluding hydrogens is 328 g/mol. The lowest BCUT2D eigenvalue weighted by atomic mass is 10.0. The lowest BCUT2D eigenvalue weighted by Crippen LogP contribution is -2.39. The Balaban J connectivity index is 4.79. The van der Waals surface area contributed by atoms with E-state index in [1.165, 1.54) is 5.57 Å². The van der Waals surface area contributed by atoms with Crippen LogP contribution in [-0.4, -0.2) is 27.6 Å². The van der Waals surface area contributed by atoms with Crippen LogP contribution in [0, 0.1) is 0 Å². The number of unbranched alkanes of at least 4 members (excludes halogenated alkanes) is 1. The molecule has 1 unspecified atom stereocenters. The van der Waals surface area contributed by atoms with Gasteiger partial charge in [0.2, 0.25) is 8.32 Å². The Kier molecular flexibility index (Phi) is 9.84. The Bertz CT molecular complexity index is 412. The average Bonchev–Trinajstić information content (AvgIpc) is 2.38. The summed E-state index contributed by atoms with van der Waals surface area (Å²) in [5.74, 6) is 0. The van der Waals surface area contributed by atoms with E-state index in [2.05, 4.69) is 72.2 Å². The largest absolute Gasteiger partial charge is 0.549 e. The first-order valence-electron chi connectivity index (χ1n) is 9.50. The van der Waals surface area contributed by atoms with Gasteiger partial charge in [-0.1, -0.05) is 71.5 Å². The van der Waals surface area contributed by atoms with Gasteiger partial charge < -0.3 is 9.53 Å². The zero-order valence-electron chi connectivity index (χ0n) is 17.7. The highest BCUT2D eigenvalue weighted by Crippen LogP contribution is 2.36. The monoisotopic (exact) mass is 370 g/mol. The Morgan fingerprint density at radius 1 is 1.12 bits per heavy atom. The molecule has 2 nitrogen and oxygen atoms in total. The highest BCUT2D eigenvalue weighted by Gasteiger charge is 2.37. The van der Waals surface area contributed by atoms with E-state index in [0.29, 0.717) is 0 Å². The molecule has 1 N–H and O–H groups in total. The normalized spacial score (nSPS) is 15.8. The van der Waals surface area contributed by atoms with Crippen LogP contribution in [0.25, 0.3) is 0 Å². The molecule has 0 saturated heterocycles. The van der Waals surface area contributed by atoms with E-state index in [4.69, 9.17) is 4.43 Å². The van der Waals surface area contributed by atoms with Crippen molar-refractivity contribution in [2.45, 2.75) is 104 Å². The van der Waals surface area contributed by atoms with Crippen molar-refractivity contribution < 1.29 is 9.53 Å². The number of aliphatic hydroxyl groups is 1. The van der Waals surface area contributed by atoms with Gasteiger partial charge in [-0.2, -0.15) is 0 Å². The summed E-state index contributed by atoms with van der Waals surface area (Å²) in [5.41, 5.74) is 3.81. The number of hydrogen-bond donors (Lipinski definition) is 1. The number of allylic oxidation sites excluding steroid dienone is 1. The minimum atomic E-state index is -1.72. The average molecular weight is 371 g/mol. The fraction of sp³-hybridized carbons (Fsp3) is 0.800. The van der Waals surface area contributed by atoms with E-state index >= 15 is 0 Å². The van der Waals surface area contributed by atoms with Crippen LogP contribution in [0.1, 0.15) is 59.8 Å². The second-order valence-electron chi connectivity index (χ2n) is 9.62. The van der Waals surface area contributed by atoms with Gasteiger partial charge in [-0.25, -0.2) is 0 Å². The van der Waals surface area contributed by atoms with Crippen LogP contribution < -0.4 is 0 Å². The summed E-state index contributed by atoms with van der Waals surface area (Å²) < 4.78 is 6.12. The van der Waals surface area contributed by atoms with Gasteiger partial charge >= 0.3 is 0 Å². The maximum atomic E-state index is 10.3. The molecule has 0 rings (SSSR count). The SMILES string of the molecule is CCCCC(O)C/C(=C/[Si](C)(C)C)C/C=C/O[Si](C)(C)C(C)(C)C.